The largest absolute Gasteiger partial charge is 0.493 e. The van der Waals surface area contributed by atoms with Crippen LogP contribution >= 0.6 is 12.2 Å². The molecule has 138 valence electrons. The molecule has 1 atom stereocenters. The molecule has 0 bridgehead atoms. The molecule has 0 aromatic heterocycles. The number of carbonyl (C=O) groups is 3. The average Bonchev–Trinajstić information content (AvgIpc) is 2.62. The summed E-state index contributed by atoms with van der Waals surface area (Å²) < 4.78 is 13.3. The Balaban J connectivity index is 0.000000228. The molecule has 3 N–H and O–H groups in total. The van der Waals surface area contributed by atoms with E-state index >= 15 is 0 Å². The second-order valence-electron chi connectivity index (χ2n) is 5.31. The molecule has 1 aromatic carbocycles. The van der Waals surface area contributed by atoms with Crippen molar-refractivity contribution in [1.29, 1.82) is 0 Å². The number of benzene rings is 1. The van der Waals surface area contributed by atoms with E-state index in [2.05, 4.69) is 8.58 Å². The number of ether oxygens (including phenoxy) is 1. The number of carboxylic acids is 3. The number of carboxylic acid groups (broad SMARTS) is 3. The van der Waals surface area contributed by atoms with Crippen LogP contribution in [0.4, 0.5) is 0 Å². The first kappa shape index (κ1) is 19.3. The zero-order valence-corrected chi connectivity index (χ0v) is 14.1. The van der Waals surface area contributed by atoms with E-state index in [1.165, 1.54) is 12.3 Å². The Morgan fingerprint density at radius 2 is 1.92 bits per heavy atom. The van der Waals surface area contributed by atoms with Crippen molar-refractivity contribution in [3.63, 3.8) is 0 Å². The fourth-order valence-electron chi connectivity index (χ4n) is 2.52. The highest BCUT2D eigenvalue weighted by molar-refractivity contribution is 7.93. The summed E-state index contributed by atoms with van der Waals surface area (Å²) in [6, 6.07) is 6.70. The molecule has 0 aliphatic carbocycles. The van der Waals surface area contributed by atoms with Crippen LogP contribution in [0.2, 0.25) is 0 Å². The van der Waals surface area contributed by atoms with Gasteiger partial charge in [0.25, 0.3) is 0 Å². The van der Waals surface area contributed by atoms with Gasteiger partial charge in [0.1, 0.15) is 17.4 Å². The van der Waals surface area contributed by atoms with Crippen LogP contribution in [-0.4, -0.2) is 45.5 Å². The summed E-state index contributed by atoms with van der Waals surface area (Å²) in [5.74, 6) is -2.82. The van der Waals surface area contributed by atoms with Gasteiger partial charge in [0.05, 0.1) is 13.0 Å². The van der Waals surface area contributed by atoms with E-state index in [1.807, 2.05) is 0 Å². The molecule has 0 fully saturated rings. The van der Waals surface area contributed by atoms with E-state index in [0.717, 1.165) is 12.2 Å². The highest BCUT2D eigenvalue weighted by atomic mass is 32.2. The highest BCUT2D eigenvalue weighted by Crippen LogP contribution is 2.41. The molecular weight excluding hydrogens is 366 g/mol. The summed E-state index contributed by atoms with van der Waals surface area (Å²) in [5, 5.41) is 26.6. The van der Waals surface area contributed by atoms with Gasteiger partial charge in [-0.25, -0.2) is 4.79 Å². The zero-order chi connectivity index (χ0) is 19.2. The van der Waals surface area contributed by atoms with Crippen LogP contribution in [0.1, 0.15) is 18.4 Å². The first-order chi connectivity index (χ1) is 12.4. The number of fused-ring (bicyclic) bond motifs is 1. The quantitative estimate of drug-likeness (QED) is 0.526. The molecule has 0 saturated heterocycles. The molecule has 1 unspecified atom stereocenters. The SMILES string of the molecule is O=C(O)C1=NSOC=C1.O=C(O)CC1(C(=O)O)CCOc2ccccc21. The Hall–Kier alpha value is -3.01. The third kappa shape index (κ3) is 4.33. The summed E-state index contributed by atoms with van der Waals surface area (Å²) in [4.78, 5) is 32.4. The van der Waals surface area contributed by atoms with Crippen molar-refractivity contribution in [3.8, 4) is 5.75 Å². The minimum atomic E-state index is -1.37. The smallest absolute Gasteiger partial charge is 0.355 e. The molecule has 1 aromatic rings. The van der Waals surface area contributed by atoms with Gasteiger partial charge in [-0.15, -0.1) is 0 Å². The van der Waals surface area contributed by atoms with Crippen molar-refractivity contribution < 1.29 is 38.6 Å². The Bertz CT molecular complexity index is 775. The number of hydrogen-bond acceptors (Lipinski definition) is 7. The maximum atomic E-state index is 11.5. The summed E-state index contributed by atoms with van der Waals surface area (Å²) in [6.45, 7) is 0.219. The lowest BCUT2D eigenvalue weighted by molar-refractivity contribution is -0.151. The van der Waals surface area contributed by atoms with E-state index in [9.17, 15) is 19.5 Å². The average molecular weight is 381 g/mol. The van der Waals surface area contributed by atoms with Crippen LogP contribution in [0.25, 0.3) is 0 Å². The van der Waals surface area contributed by atoms with Gasteiger partial charge < -0.3 is 24.2 Å². The molecule has 0 amide bonds. The minimum Gasteiger partial charge on any atom is -0.493 e. The van der Waals surface area contributed by atoms with Crippen molar-refractivity contribution in [2.75, 3.05) is 6.61 Å². The fraction of sp³-hybridized carbons (Fsp3) is 0.250. The standard InChI is InChI=1S/C12H12O5.C4H3NO3S/c13-10(14)7-12(11(15)16)5-6-17-9-4-2-1-3-8(9)12;6-4(7)3-1-2-8-9-5-3/h1-4H,5-7H2,(H,13,14)(H,15,16);1-2H,(H,6,7). The monoisotopic (exact) mass is 381 g/mol. The van der Waals surface area contributed by atoms with Gasteiger partial charge in [0.2, 0.25) is 12.2 Å². The molecular formula is C16H15NO8S. The molecule has 3 rings (SSSR count). The predicted molar refractivity (Wildman–Crippen MR) is 91.0 cm³/mol. The Labute approximate surface area is 152 Å². The van der Waals surface area contributed by atoms with Crippen LogP contribution in [0.3, 0.4) is 0 Å². The third-order valence-electron chi connectivity index (χ3n) is 3.73. The second-order valence-corrected chi connectivity index (χ2v) is 5.83. The van der Waals surface area contributed by atoms with Gasteiger partial charge >= 0.3 is 17.9 Å². The molecule has 0 saturated carbocycles. The maximum absolute atomic E-state index is 11.5. The summed E-state index contributed by atoms with van der Waals surface area (Å²) in [5.41, 5.74) is -0.923. The first-order valence-corrected chi connectivity index (χ1v) is 8.04. The van der Waals surface area contributed by atoms with Crippen LogP contribution in [0.15, 0.2) is 41.0 Å². The van der Waals surface area contributed by atoms with Crippen molar-refractivity contribution in [1.82, 2.24) is 0 Å². The van der Waals surface area contributed by atoms with Crippen LogP contribution in [0.5, 0.6) is 5.75 Å². The number of aliphatic carboxylic acids is 3. The molecule has 9 nitrogen and oxygen atoms in total. The summed E-state index contributed by atoms with van der Waals surface area (Å²) in [6.07, 6.45) is 2.31. The van der Waals surface area contributed by atoms with Crippen molar-refractivity contribution in [3.05, 3.63) is 42.2 Å². The number of nitrogens with zero attached hydrogens (tertiary/aromatic N) is 1. The number of para-hydroxylation sites is 1. The normalized spacial score (nSPS) is 20.2. The number of rotatable bonds is 4. The lowest BCUT2D eigenvalue weighted by Gasteiger charge is -2.33. The lowest BCUT2D eigenvalue weighted by atomic mass is 9.73. The molecule has 26 heavy (non-hydrogen) atoms. The van der Waals surface area contributed by atoms with Gasteiger partial charge in [0.15, 0.2) is 5.71 Å². The Kier molecular flexibility index (Phi) is 6.23. The van der Waals surface area contributed by atoms with Crippen LogP contribution in [-0.2, 0) is 24.0 Å². The second kappa shape index (κ2) is 8.39. The minimum absolute atomic E-state index is 0.00579. The number of hydrogen-bond donors (Lipinski definition) is 3. The maximum Gasteiger partial charge on any atom is 0.355 e. The molecule has 0 spiro atoms. The van der Waals surface area contributed by atoms with Gasteiger partial charge in [-0.3, -0.25) is 9.59 Å². The van der Waals surface area contributed by atoms with Crippen LogP contribution < -0.4 is 4.74 Å². The zero-order valence-electron chi connectivity index (χ0n) is 13.3. The Morgan fingerprint density at radius 3 is 2.46 bits per heavy atom. The molecule has 10 heteroatoms. The van der Waals surface area contributed by atoms with Crippen molar-refractivity contribution in [2.45, 2.75) is 18.3 Å². The topological polar surface area (TPSA) is 143 Å². The molecule has 2 heterocycles. The first-order valence-electron chi connectivity index (χ1n) is 7.34. The Morgan fingerprint density at radius 1 is 1.19 bits per heavy atom. The van der Waals surface area contributed by atoms with Gasteiger partial charge in [0, 0.05) is 18.1 Å². The van der Waals surface area contributed by atoms with Gasteiger partial charge in [-0.05, 0) is 6.07 Å². The molecule has 2 aliphatic rings. The van der Waals surface area contributed by atoms with E-state index < -0.39 is 29.7 Å². The predicted octanol–water partition coefficient (Wildman–Crippen LogP) is 1.89. The van der Waals surface area contributed by atoms with E-state index in [0.29, 0.717) is 11.3 Å². The fourth-order valence-corrected chi connectivity index (χ4v) is 2.88. The molecule has 2 aliphatic heterocycles. The third-order valence-corrected chi connectivity index (χ3v) is 4.20. The highest BCUT2D eigenvalue weighted by Gasteiger charge is 2.46. The lowest BCUT2D eigenvalue weighted by Crippen LogP contribution is -2.42. The van der Waals surface area contributed by atoms with E-state index in [1.54, 1.807) is 24.3 Å². The van der Waals surface area contributed by atoms with Crippen LogP contribution in [0, 0.1) is 0 Å². The summed E-state index contributed by atoms with van der Waals surface area (Å²) in [7, 11) is 0. The molecule has 0 radical (unpaired) electrons. The van der Waals surface area contributed by atoms with Gasteiger partial charge in [-0.1, -0.05) is 18.2 Å². The summed E-state index contributed by atoms with van der Waals surface area (Å²) >= 11 is 0.752. The van der Waals surface area contributed by atoms with Crippen molar-refractivity contribution >= 4 is 35.8 Å². The van der Waals surface area contributed by atoms with Crippen molar-refractivity contribution in [2.24, 2.45) is 4.40 Å². The van der Waals surface area contributed by atoms with Gasteiger partial charge in [-0.2, -0.15) is 4.40 Å². The van der Waals surface area contributed by atoms with E-state index in [-0.39, 0.29) is 18.7 Å². The van der Waals surface area contributed by atoms with E-state index in [4.69, 9.17) is 14.9 Å².